The Morgan fingerprint density at radius 3 is 2.94 bits per heavy atom. The summed E-state index contributed by atoms with van der Waals surface area (Å²) in [6, 6.07) is 8.51. The molecule has 2 rings (SSSR count). The van der Waals surface area contributed by atoms with Gasteiger partial charge in [0.1, 0.15) is 0 Å². The second-order valence-corrected chi connectivity index (χ2v) is 4.22. The maximum atomic E-state index is 5.88. The number of aryl methyl sites for hydroxylation is 1. The minimum absolute atomic E-state index is 0.0207. The van der Waals surface area contributed by atoms with E-state index in [0.717, 1.165) is 12.2 Å². The van der Waals surface area contributed by atoms with Gasteiger partial charge in [0.05, 0.1) is 12.0 Å². The summed E-state index contributed by atoms with van der Waals surface area (Å²) >= 11 is 0. The number of hydrogen-bond donors (Lipinski definition) is 1. The van der Waals surface area contributed by atoms with Gasteiger partial charge in [-0.3, -0.25) is 0 Å². The molecule has 0 spiro atoms. The van der Waals surface area contributed by atoms with Crippen molar-refractivity contribution in [1.29, 1.82) is 0 Å². The van der Waals surface area contributed by atoms with Gasteiger partial charge in [-0.05, 0) is 19.4 Å². The molecule has 2 aromatic rings. The summed E-state index contributed by atoms with van der Waals surface area (Å²) in [5, 5.41) is 0. The van der Waals surface area contributed by atoms with Crippen LogP contribution in [-0.4, -0.2) is 9.55 Å². The fraction of sp³-hybridized carbons (Fsp3) is 0.308. The summed E-state index contributed by atoms with van der Waals surface area (Å²) in [5.41, 5.74) is 9.51. The standard InChI is InChI=1S/C13H17N3/c1-10-4-3-5-12(6-10)8-16-9-15-7-13(16)11(2)14/h3-7,9,11H,8,14H2,1-2H3/t11-/m1/s1. The molecule has 2 N–H and O–H groups in total. The second-order valence-electron chi connectivity index (χ2n) is 4.22. The van der Waals surface area contributed by atoms with Crippen LogP contribution >= 0.6 is 0 Å². The van der Waals surface area contributed by atoms with Crippen LogP contribution in [0.3, 0.4) is 0 Å². The van der Waals surface area contributed by atoms with E-state index in [1.165, 1.54) is 11.1 Å². The minimum atomic E-state index is 0.0207. The number of aromatic nitrogens is 2. The van der Waals surface area contributed by atoms with Crippen LogP contribution < -0.4 is 5.73 Å². The highest BCUT2D eigenvalue weighted by molar-refractivity contribution is 5.23. The molecule has 3 nitrogen and oxygen atoms in total. The average Bonchev–Trinajstić information content (AvgIpc) is 2.66. The van der Waals surface area contributed by atoms with E-state index in [4.69, 9.17) is 5.73 Å². The lowest BCUT2D eigenvalue weighted by atomic mass is 10.1. The average molecular weight is 215 g/mol. The first-order chi connectivity index (χ1) is 7.66. The van der Waals surface area contributed by atoms with Gasteiger partial charge in [-0.25, -0.2) is 4.98 Å². The molecule has 0 unspecified atom stereocenters. The zero-order valence-corrected chi connectivity index (χ0v) is 9.72. The molecule has 1 aromatic carbocycles. The first kappa shape index (κ1) is 10.9. The zero-order chi connectivity index (χ0) is 11.5. The Hall–Kier alpha value is -1.61. The molecular formula is C13H17N3. The van der Waals surface area contributed by atoms with Crippen molar-refractivity contribution in [1.82, 2.24) is 9.55 Å². The van der Waals surface area contributed by atoms with Crippen molar-refractivity contribution in [3.63, 3.8) is 0 Å². The normalized spacial score (nSPS) is 12.7. The third-order valence-corrected chi connectivity index (χ3v) is 2.65. The summed E-state index contributed by atoms with van der Waals surface area (Å²) in [5.74, 6) is 0. The van der Waals surface area contributed by atoms with Crippen LogP contribution in [0.2, 0.25) is 0 Å². The minimum Gasteiger partial charge on any atom is -0.329 e. The van der Waals surface area contributed by atoms with Crippen LogP contribution in [0.25, 0.3) is 0 Å². The molecule has 0 aliphatic rings. The Balaban J connectivity index is 2.24. The molecule has 0 amide bonds. The van der Waals surface area contributed by atoms with Crippen molar-refractivity contribution in [2.45, 2.75) is 26.4 Å². The van der Waals surface area contributed by atoms with Gasteiger partial charge in [0.15, 0.2) is 0 Å². The van der Waals surface area contributed by atoms with E-state index in [-0.39, 0.29) is 6.04 Å². The van der Waals surface area contributed by atoms with Crippen molar-refractivity contribution < 1.29 is 0 Å². The fourth-order valence-corrected chi connectivity index (χ4v) is 1.85. The van der Waals surface area contributed by atoms with Crippen LogP contribution in [0.5, 0.6) is 0 Å². The van der Waals surface area contributed by atoms with Gasteiger partial charge in [0.2, 0.25) is 0 Å². The van der Waals surface area contributed by atoms with E-state index in [0.29, 0.717) is 0 Å². The molecule has 0 aliphatic heterocycles. The summed E-state index contributed by atoms with van der Waals surface area (Å²) in [7, 11) is 0. The second kappa shape index (κ2) is 4.49. The number of imidazole rings is 1. The van der Waals surface area contributed by atoms with E-state index in [9.17, 15) is 0 Å². The topological polar surface area (TPSA) is 43.8 Å². The predicted molar refractivity (Wildman–Crippen MR) is 65.1 cm³/mol. The van der Waals surface area contributed by atoms with Gasteiger partial charge in [-0.15, -0.1) is 0 Å². The quantitative estimate of drug-likeness (QED) is 0.853. The van der Waals surface area contributed by atoms with Crippen LogP contribution in [-0.2, 0) is 6.54 Å². The van der Waals surface area contributed by atoms with E-state index >= 15 is 0 Å². The Labute approximate surface area is 95.9 Å². The van der Waals surface area contributed by atoms with Crippen molar-refractivity contribution in [2.24, 2.45) is 5.73 Å². The highest BCUT2D eigenvalue weighted by atomic mass is 15.1. The fourth-order valence-electron chi connectivity index (χ4n) is 1.85. The molecule has 1 heterocycles. The third kappa shape index (κ3) is 2.31. The molecule has 0 saturated heterocycles. The number of nitrogens with zero attached hydrogens (tertiary/aromatic N) is 2. The van der Waals surface area contributed by atoms with Gasteiger partial charge >= 0.3 is 0 Å². The lowest BCUT2D eigenvalue weighted by Gasteiger charge is -2.11. The molecule has 0 aliphatic carbocycles. The number of hydrogen-bond acceptors (Lipinski definition) is 2. The van der Waals surface area contributed by atoms with Gasteiger partial charge in [-0.1, -0.05) is 29.8 Å². The molecular weight excluding hydrogens is 198 g/mol. The lowest BCUT2D eigenvalue weighted by molar-refractivity contribution is 0.674. The van der Waals surface area contributed by atoms with Crippen LogP contribution in [0.4, 0.5) is 0 Å². The molecule has 0 bridgehead atoms. The zero-order valence-electron chi connectivity index (χ0n) is 9.72. The Morgan fingerprint density at radius 2 is 2.25 bits per heavy atom. The first-order valence-electron chi connectivity index (χ1n) is 5.48. The smallest absolute Gasteiger partial charge is 0.0951 e. The van der Waals surface area contributed by atoms with Crippen LogP contribution in [0, 0.1) is 6.92 Å². The number of rotatable bonds is 3. The van der Waals surface area contributed by atoms with E-state index in [1.807, 2.05) is 19.4 Å². The summed E-state index contributed by atoms with van der Waals surface area (Å²) in [6.45, 7) is 4.91. The van der Waals surface area contributed by atoms with E-state index < -0.39 is 0 Å². The third-order valence-electron chi connectivity index (χ3n) is 2.65. The molecule has 0 radical (unpaired) electrons. The lowest BCUT2D eigenvalue weighted by Crippen LogP contribution is -2.12. The number of nitrogens with two attached hydrogens (primary N) is 1. The maximum Gasteiger partial charge on any atom is 0.0951 e. The van der Waals surface area contributed by atoms with Crippen molar-refractivity contribution in [2.75, 3.05) is 0 Å². The SMILES string of the molecule is Cc1cccc(Cn2cncc2[C@@H](C)N)c1. The first-order valence-corrected chi connectivity index (χ1v) is 5.48. The van der Waals surface area contributed by atoms with Gasteiger partial charge < -0.3 is 10.3 Å². The Kier molecular flexibility index (Phi) is 3.06. The van der Waals surface area contributed by atoms with Crippen molar-refractivity contribution >= 4 is 0 Å². The molecule has 3 heteroatoms. The Bertz CT molecular complexity index is 472. The summed E-state index contributed by atoms with van der Waals surface area (Å²) in [6.07, 6.45) is 3.67. The largest absolute Gasteiger partial charge is 0.329 e. The van der Waals surface area contributed by atoms with Crippen molar-refractivity contribution in [3.05, 3.63) is 53.6 Å². The van der Waals surface area contributed by atoms with E-state index in [2.05, 4.69) is 40.7 Å². The van der Waals surface area contributed by atoms with Crippen LogP contribution in [0.15, 0.2) is 36.8 Å². The molecule has 0 fully saturated rings. The highest BCUT2D eigenvalue weighted by Gasteiger charge is 2.06. The molecule has 1 aromatic heterocycles. The molecule has 16 heavy (non-hydrogen) atoms. The molecule has 0 saturated carbocycles. The number of benzene rings is 1. The summed E-state index contributed by atoms with van der Waals surface area (Å²) < 4.78 is 2.10. The predicted octanol–water partition coefficient (Wildman–Crippen LogP) is 2.26. The maximum absolute atomic E-state index is 5.88. The van der Waals surface area contributed by atoms with Gasteiger partial charge in [0, 0.05) is 18.8 Å². The van der Waals surface area contributed by atoms with Gasteiger partial charge in [-0.2, -0.15) is 0 Å². The summed E-state index contributed by atoms with van der Waals surface area (Å²) in [4.78, 5) is 4.14. The van der Waals surface area contributed by atoms with Gasteiger partial charge in [0.25, 0.3) is 0 Å². The molecule has 84 valence electrons. The highest BCUT2D eigenvalue weighted by Crippen LogP contribution is 2.12. The van der Waals surface area contributed by atoms with Crippen molar-refractivity contribution in [3.8, 4) is 0 Å². The monoisotopic (exact) mass is 215 g/mol. The van der Waals surface area contributed by atoms with E-state index in [1.54, 1.807) is 0 Å². The molecule has 1 atom stereocenters. The Morgan fingerprint density at radius 1 is 1.44 bits per heavy atom. The van der Waals surface area contributed by atoms with Crippen LogP contribution in [0.1, 0.15) is 29.8 Å².